The first-order valence-corrected chi connectivity index (χ1v) is 8.37. The van der Waals surface area contributed by atoms with E-state index in [1.54, 1.807) is 43.3 Å². The predicted molar refractivity (Wildman–Crippen MR) is 99.6 cm³/mol. The molecule has 8 nitrogen and oxygen atoms in total. The maximum atomic E-state index is 12.1. The van der Waals surface area contributed by atoms with Gasteiger partial charge >= 0.3 is 6.09 Å². The zero-order valence-electron chi connectivity index (χ0n) is 14.5. The number of ether oxygens (including phenoxy) is 2. The number of hydrogen-bond donors (Lipinski definition) is 3. The minimum Gasteiger partial charge on any atom is -0.482 e. The van der Waals surface area contributed by atoms with E-state index in [0.717, 1.165) is 0 Å². The zero-order valence-corrected chi connectivity index (χ0v) is 15.2. The quantitative estimate of drug-likeness (QED) is 0.656. The van der Waals surface area contributed by atoms with Crippen LogP contribution in [0.4, 0.5) is 10.5 Å². The molecule has 0 saturated carbocycles. The van der Waals surface area contributed by atoms with E-state index < -0.39 is 17.9 Å². The van der Waals surface area contributed by atoms with Crippen LogP contribution in [0.25, 0.3) is 0 Å². The van der Waals surface area contributed by atoms with E-state index in [0.29, 0.717) is 16.5 Å². The second-order valence-electron chi connectivity index (χ2n) is 5.15. The summed E-state index contributed by atoms with van der Waals surface area (Å²) in [6.45, 7) is 1.59. The Morgan fingerprint density at radius 3 is 2.56 bits per heavy atom. The average molecular weight is 392 g/mol. The van der Waals surface area contributed by atoms with Crippen molar-refractivity contribution in [3.63, 3.8) is 0 Å². The van der Waals surface area contributed by atoms with Crippen LogP contribution >= 0.6 is 11.6 Å². The molecule has 2 aromatic carbocycles. The molecule has 0 radical (unpaired) electrons. The third-order valence-corrected chi connectivity index (χ3v) is 3.47. The average Bonchev–Trinajstić information content (AvgIpc) is 2.66. The van der Waals surface area contributed by atoms with E-state index in [1.165, 1.54) is 12.1 Å². The molecule has 0 atom stereocenters. The highest BCUT2D eigenvalue weighted by atomic mass is 35.5. The summed E-state index contributed by atoms with van der Waals surface area (Å²) in [4.78, 5) is 35.3. The van der Waals surface area contributed by atoms with Crippen LogP contribution < -0.4 is 20.9 Å². The summed E-state index contributed by atoms with van der Waals surface area (Å²) in [5, 5.41) is 2.86. The number of amides is 3. The Balaban J connectivity index is 1.83. The Bertz CT molecular complexity index is 828. The van der Waals surface area contributed by atoms with E-state index in [9.17, 15) is 14.4 Å². The van der Waals surface area contributed by atoms with Crippen molar-refractivity contribution in [2.24, 2.45) is 0 Å². The summed E-state index contributed by atoms with van der Waals surface area (Å²) < 4.78 is 10.0. The van der Waals surface area contributed by atoms with Gasteiger partial charge in [-0.25, -0.2) is 4.79 Å². The maximum Gasteiger partial charge on any atom is 0.411 e. The third kappa shape index (κ3) is 6.52. The van der Waals surface area contributed by atoms with Crippen LogP contribution in [0, 0.1) is 0 Å². The molecule has 9 heteroatoms. The van der Waals surface area contributed by atoms with E-state index in [-0.39, 0.29) is 18.8 Å². The minimum atomic E-state index is -0.625. The molecule has 3 amide bonds. The fourth-order valence-corrected chi connectivity index (χ4v) is 2.15. The Labute approximate surface area is 160 Å². The van der Waals surface area contributed by atoms with Gasteiger partial charge in [-0.15, -0.1) is 0 Å². The number of carbonyl (C=O) groups is 3. The fraction of sp³-hybridized carbons (Fsp3) is 0.167. The lowest BCUT2D eigenvalue weighted by molar-refractivity contribution is -0.123. The summed E-state index contributed by atoms with van der Waals surface area (Å²) in [7, 11) is 0. The van der Waals surface area contributed by atoms with Crippen LogP contribution in [0.1, 0.15) is 17.3 Å². The fourth-order valence-electron chi connectivity index (χ4n) is 1.96. The summed E-state index contributed by atoms with van der Waals surface area (Å²) in [6.07, 6.45) is -0.625. The summed E-state index contributed by atoms with van der Waals surface area (Å²) in [5.74, 6) is -0.768. The van der Waals surface area contributed by atoms with Crippen molar-refractivity contribution in [3.8, 4) is 5.75 Å². The molecular formula is C18H18ClN3O5. The molecule has 27 heavy (non-hydrogen) atoms. The lowest BCUT2D eigenvalue weighted by Crippen LogP contribution is -2.43. The lowest BCUT2D eigenvalue weighted by Gasteiger charge is -2.10. The van der Waals surface area contributed by atoms with Crippen molar-refractivity contribution in [1.29, 1.82) is 0 Å². The van der Waals surface area contributed by atoms with Gasteiger partial charge < -0.3 is 9.47 Å². The largest absolute Gasteiger partial charge is 0.482 e. The molecule has 0 heterocycles. The zero-order chi connectivity index (χ0) is 19.6. The van der Waals surface area contributed by atoms with Crippen LogP contribution in [0.3, 0.4) is 0 Å². The standard InChI is InChI=1S/C18H18ClN3O5/c1-2-26-18(25)20-13-7-5-6-12(10-13)17(24)22-21-16(23)11-27-15-9-4-3-8-14(15)19/h3-10H,2,11H2,1H3,(H,20,25)(H,21,23)(H,22,24). The Kier molecular flexibility index (Phi) is 7.45. The normalized spacial score (nSPS) is 9.85. The Morgan fingerprint density at radius 2 is 1.81 bits per heavy atom. The number of halogens is 1. The van der Waals surface area contributed by atoms with Crippen LogP contribution in [-0.4, -0.2) is 31.1 Å². The molecule has 0 unspecified atom stereocenters. The van der Waals surface area contributed by atoms with Gasteiger partial charge in [-0.1, -0.05) is 29.8 Å². The van der Waals surface area contributed by atoms with Gasteiger partial charge in [0.15, 0.2) is 6.61 Å². The number of benzene rings is 2. The van der Waals surface area contributed by atoms with Gasteiger partial charge in [0, 0.05) is 11.3 Å². The minimum absolute atomic E-state index is 0.230. The number of anilines is 1. The summed E-state index contributed by atoms with van der Waals surface area (Å²) in [5.41, 5.74) is 5.11. The van der Waals surface area contributed by atoms with Gasteiger partial charge in [0.05, 0.1) is 11.6 Å². The van der Waals surface area contributed by atoms with Gasteiger partial charge in [0.25, 0.3) is 11.8 Å². The van der Waals surface area contributed by atoms with E-state index >= 15 is 0 Å². The molecule has 0 saturated heterocycles. The van der Waals surface area contributed by atoms with Crippen LogP contribution in [0.5, 0.6) is 5.75 Å². The Hall–Kier alpha value is -3.26. The highest BCUT2D eigenvalue weighted by Crippen LogP contribution is 2.22. The van der Waals surface area contributed by atoms with Crippen LogP contribution in [0.2, 0.25) is 5.02 Å². The molecule has 142 valence electrons. The topological polar surface area (TPSA) is 106 Å². The highest BCUT2D eigenvalue weighted by Gasteiger charge is 2.10. The monoisotopic (exact) mass is 391 g/mol. The van der Waals surface area contributed by atoms with E-state index in [2.05, 4.69) is 16.2 Å². The van der Waals surface area contributed by atoms with Gasteiger partial charge in [-0.05, 0) is 37.3 Å². The van der Waals surface area contributed by atoms with E-state index in [4.69, 9.17) is 21.1 Å². The maximum absolute atomic E-state index is 12.1. The van der Waals surface area contributed by atoms with Gasteiger partial charge in [-0.2, -0.15) is 0 Å². The van der Waals surface area contributed by atoms with Crippen molar-refractivity contribution < 1.29 is 23.9 Å². The van der Waals surface area contributed by atoms with E-state index in [1.807, 2.05) is 0 Å². The number of nitrogens with one attached hydrogen (secondary N) is 3. The molecule has 0 aliphatic carbocycles. The number of hydrazine groups is 1. The SMILES string of the molecule is CCOC(=O)Nc1cccc(C(=O)NNC(=O)COc2ccccc2Cl)c1. The molecule has 2 rings (SSSR count). The van der Waals surface area contributed by atoms with Crippen molar-refractivity contribution in [2.45, 2.75) is 6.92 Å². The second kappa shape index (κ2) is 10.0. The van der Waals surface area contributed by atoms with Crippen LogP contribution in [-0.2, 0) is 9.53 Å². The van der Waals surface area contributed by atoms with Crippen molar-refractivity contribution in [2.75, 3.05) is 18.5 Å². The molecule has 3 N–H and O–H groups in total. The first-order valence-electron chi connectivity index (χ1n) is 8.00. The Morgan fingerprint density at radius 1 is 1.04 bits per heavy atom. The highest BCUT2D eigenvalue weighted by molar-refractivity contribution is 6.32. The summed E-state index contributed by atoms with van der Waals surface area (Å²) >= 11 is 5.92. The number of carbonyl (C=O) groups excluding carboxylic acids is 3. The van der Waals surface area contributed by atoms with Gasteiger partial charge in [-0.3, -0.25) is 25.8 Å². The van der Waals surface area contributed by atoms with Gasteiger partial charge in [0.2, 0.25) is 0 Å². The molecule has 0 aliphatic heterocycles. The van der Waals surface area contributed by atoms with Crippen molar-refractivity contribution >= 4 is 35.2 Å². The van der Waals surface area contributed by atoms with Crippen molar-refractivity contribution in [1.82, 2.24) is 10.9 Å². The smallest absolute Gasteiger partial charge is 0.411 e. The number of para-hydroxylation sites is 1. The number of hydrogen-bond acceptors (Lipinski definition) is 5. The first-order chi connectivity index (χ1) is 13.0. The van der Waals surface area contributed by atoms with Crippen LogP contribution in [0.15, 0.2) is 48.5 Å². The molecule has 2 aromatic rings. The lowest BCUT2D eigenvalue weighted by atomic mass is 10.2. The molecule has 0 aromatic heterocycles. The second-order valence-corrected chi connectivity index (χ2v) is 5.55. The van der Waals surface area contributed by atoms with Crippen molar-refractivity contribution in [3.05, 3.63) is 59.1 Å². The molecular weight excluding hydrogens is 374 g/mol. The molecule has 0 aliphatic rings. The molecule has 0 bridgehead atoms. The first kappa shape index (κ1) is 20.1. The summed E-state index contributed by atoms with van der Waals surface area (Å²) in [6, 6.07) is 12.9. The number of rotatable bonds is 6. The third-order valence-electron chi connectivity index (χ3n) is 3.16. The molecule has 0 fully saturated rings. The predicted octanol–water partition coefficient (Wildman–Crippen LogP) is 2.75. The molecule has 0 spiro atoms. The van der Waals surface area contributed by atoms with Gasteiger partial charge in [0.1, 0.15) is 5.75 Å².